The van der Waals surface area contributed by atoms with Crippen LogP contribution >= 0.6 is 0 Å². The molecule has 0 spiro atoms. The number of aryl methyl sites for hydroxylation is 1. The molecule has 1 atom stereocenters. The summed E-state index contributed by atoms with van der Waals surface area (Å²) in [6, 6.07) is 12.0. The van der Waals surface area contributed by atoms with Gasteiger partial charge in [-0.2, -0.15) is 0 Å². The Bertz CT molecular complexity index is 817. The van der Waals surface area contributed by atoms with Crippen molar-refractivity contribution in [2.45, 2.75) is 13.0 Å². The summed E-state index contributed by atoms with van der Waals surface area (Å²) >= 11 is 0. The predicted octanol–water partition coefficient (Wildman–Crippen LogP) is 2.56. The van der Waals surface area contributed by atoms with E-state index in [-0.39, 0.29) is 5.91 Å². The molecule has 0 saturated heterocycles. The third-order valence-electron chi connectivity index (χ3n) is 3.93. The number of nitrogens with zero attached hydrogens (tertiary/aromatic N) is 2. The van der Waals surface area contributed by atoms with Crippen LogP contribution in [0.2, 0.25) is 0 Å². The highest BCUT2D eigenvalue weighted by atomic mass is 16.5. The summed E-state index contributed by atoms with van der Waals surface area (Å²) in [4.78, 5) is 28.4. The zero-order valence-corrected chi connectivity index (χ0v) is 13.4. The number of hydrogen-bond acceptors (Lipinski definition) is 5. The van der Waals surface area contributed by atoms with Crippen LogP contribution < -0.4 is 10.2 Å². The minimum atomic E-state index is -0.617. The van der Waals surface area contributed by atoms with Gasteiger partial charge < -0.3 is 9.53 Å². The van der Waals surface area contributed by atoms with Gasteiger partial charge in [-0.15, -0.1) is 0 Å². The van der Waals surface area contributed by atoms with Crippen molar-refractivity contribution in [3.05, 3.63) is 59.2 Å². The Hall–Kier alpha value is -3.15. The minimum Gasteiger partial charge on any atom is -0.497 e. The SMILES string of the molecule is COc1ccc(C)c(C(=O)NN2C=Nc3ccccc3C2C=O)c1. The number of aldehydes is 1. The van der Waals surface area contributed by atoms with E-state index in [1.807, 2.05) is 37.3 Å². The molecule has 0 radical (unpaired) electrons. The van der Waals surface area contributed by atoms with Crippen LogP contribution in [0.15, 0.2) is 47.5 Å². The lowest BCUT2D eigenvalue weighted by Gasteiger charge is -2.30. The molecule has 6 nitrogen and oxygen atoms in total. The summed E-state index contributed by atoms with van der Waals surface area (Å²) in [6.45, 7) is 1.84. The smallest absolute Gasteiger partial charge is 0.270 e. The van der Waals surface area contributed by atoms with Gasteiger partial charge in [0.15, 0.2) is 0 Å². The molecule has 2 aromatic rings. The first kappa shape index (κ1) is 15.7. The van der Waals surface area contributed by atoms with Crippen molar-refractivity contribution >= 4 is 24.2 Å². The maximum atomic E-state index is 12.6. The third kappa shape index (κ3) is 2.86. The Morgan fingerprint density at radius 3 is 2.83 bits per heavy atom. The lowest BCUT2D eigenvalue weighted by molar-refractivity contribution is -0.111. The number of rotatable bonds is 4. The van der Waals surface area contributed by atoms with E-state index in [0.29, 0.717) is 11.3 Å². The molecule has 0 saturated carbocycles. The van der Waals surface area contributed by atoms with Crippen molar-refractivity contribution in [3.63, 3.8) is 0 Å². The Balaban J connectivity index is 1.86. The summed E-state index contributed by atoms with van der Waals surface area (Å²) < 4.78 is 5.16. The van der Waals surface area contributed by atoms with Crippen molar-refractivity contribution in [1.82, 2.24) is 10.4 Å². The van der Waals surface area contributed by atoms with Gasteiger partial charge in [-0.3, -0.25) is 15.2 Å². The fourth-order valence-electron chi connectivity index (χ4n) is 2.59. The fraction of sp³-hybridized carbons (Fsp3) is 0.167. The molecule has 122 valence electrons. The van der Waals surface area contributed by atoms with E-state index in [1.54, 1.807) is 19.2 Å². The topological polar surface area (TPSA) is 71.0 Å². The van der Waals surface area contributed by atoms with Gasteiger partial charge in [0.1, 0.15) is 24.4 Å². The van der Waals surface area contributed by atoms with Crippen LogP contribution in [0.3, 0.4) is 0 Å². The number of fused-ring (bicyclic) bond motifs is 1. The Morgan fingerprint density at radius 1 is 1.29 bits per heavy atom. The first-order valence-corrected chi connectivity index (χ1v) is 7.46. The van der Waals surface area contributed by atoms with E-state index in [0.717, 1.165) is 23.1 Å². The van der Waals surface area contributed by atoms with Crippen molar-refractivity contribution in [2.75, 3.05) is 7.11 Å². The van der Waals surface area contributed by atoms with E-state index in [2.05, 4.69) is 10.4 Å². The standard InChI is InChI=1S/C18H17N3O3/c1-12-7-8-13(24-2)9-15(12)18(23)20-21-11-19-16-6-4-3-5-14(16)17(21)10-22/h3-11,17H,1-2H3,(H,20,23). The molecule has 24 heavy (non-hydrogen) atoms. The lowest BCUT2D eigenvalue weighted by atomic mass is 10.0. The molecule has 3 rings (SSSR count). The molecule has 1 aliphatic rings. The van der Waals surface area contributed by atoms with E-state index >= 15 is 0 Å². The van der Waals surface area contributed by atoms with Gasteiger partial charge in [0.2, 0.25) is 0 Å². The number of hydrazine groups is 1. The van der Waals surface area contributed by atoms with Gasteiger partial charge in [0, 0.05) is 11.1 Å². The quantitative estimate of drug-likeness (QED) is 0.878. The third-order valence-corrected chi connectivity index (χ3v) is 3.93. The van der Waals surface area contributed by atoms with Crippen LogP contribution in [0.1, 0.15) is 27.5 Å². The number of methoxy groups -OCH3 is 1. The van der Waals surface area contributed by atoms with Gasteiger partial charge in [-0.05, 0) is 30.7 Å². The average Bonchev–Trinajstić information content (AvgIpc) is 2.61. The fourth-order valence-corrected chi connectivity index (χ4v) is 2.59. The van der Waals surface area contributed by atoms with E-state index in [9.17, 15) is 9.59 Å². The van der Waals surface area contributed by atoms with Crippen molar-refractivity contribution < 1.29 is 14.3 Å². The van der Waals surface area contributed by atoms with Gasteiger partial charge in [0.05, 0.1) is 12.8 Å². The largest absolute Gasteiger partial charge is 0.497 e. The van der Waals surface area contributed by atoms with Gasteiger partial charge in [-0.1, -0.05) is 24.3 Å². The molecule has 0 aromatic heterocycles. The maximum Gasteiger partial charge on any atom is 0.270 e. The number of ether oxygens (including phenoxy) is 1. The molecule has 0 aliphatic carbocycles. The molecule has 2 aromatic carbocycles. The van der Waals surface area contributed by atoms with Gasteiger partial charge in [-0.25, -0.2) is 4.99 Å². The number of nitrogens with one attached hydrogen (secondary N) is 1. The molecule has 1 N–H and O–H groups in total. The maximum absolute atomic E-state index is 12.6. The molecule has 6 heteroatoms. The molecular weight excluding hydrogens is 306 g/mol. The van der Waals surface area contributed by atoms with E-state index in [4.69, 9.17) is 4.74 Å². The molecule has 1 heterocycles. The molecular formula is C18H17N3O3. The highest BCUT2D eigenvalue weighted by Crippen LogP contribution is 2.30. The number of para-hydroxylation sites is 1. The number of hydrogen-bond donors (Lipinski definition) is 1. The van der Waals surface area contributed by atoms with Crippen LogP contribution in [0, 0.1) is 6.92 Å². The molecule has 0 bridgehead atoms. The second-order valence-electron chi connectivity index (χ2n) is 5.41. The highest BCUT2D eigenvalue weighted by Gasteiger charge is 2.26. The summed E-state index contributed by atoms with van der Waals surface area (Å²) in [5.41, 5.74) is 5.48. The zero-order valence-electron chi connectivity index (χ0n) is 13.4. The number of carbonyl (C=O) groups excluding carboxylic acids is 2. The number of carbonyl (C=O) groups is 2. The lowest BCUT2D eigenvalue weighted by Crippen LogP contribution is -2.45. The van der Waals surface area contributed by atoms with Crippen molar-refractivity contribution in [1.29, 1.82) is 0 Å². The second kappa shape index (κ2) is 6.54. The Kier molecular flexibility index (Phi) is 4.29. The summed E-state index contributed by atoms with van der Waals surface area (Å²) in [6.07, 6.45) is 2.23. The summed E-state index contributed by atoms with van der Waals surface area (Å²) in [7, 11) is 1.54. The zero-order chi connectivity index (χ0) is 17.1. The van der Waals surface area contributed by atoms with E-state index in [1.165, 1.54) is 11.3 Å². The predicted molar refractivity (Wildman–Crippen MR) is 90.4 cm³/mol. The van der Waals surface area contributed by atoms with Crippen LogP contribution in [0.4, 0.5) is 5.69 Å². The molecule has 1 unspecified atom stereocenters. The molecule has 1 aliphatic heterocycles. The first-order chi connectivity index (χ1) is 11.6. The van der Waals surface area contributed by atoms with Crippen molar-refractivity contribution in [2.24, 2.45) is 4.99 Å². The van der Waals surface area contributed by atoms with E-state index < -0.39 is 6.04 Å². The molecule has 0 fully saturated rings. The monoisotopic (exact) mass is 323 g/mol. The van der Waals surface area contributed by atoms with Gasteiger partial charge >= 0.3 is 0 Å². The molecule has 1 amide bonds. The van der Waals surface area contributed by atoms with Crippen molar-refractivity contribution in [3.8, 4) is 5.75 Å². The van der Waals surface area contributed by atoms with Gasteiger partial charge in [0.25, 0.3) is 5.91 Å². The second-order valence-corrected chi connectivity index (χ2v) is 5.41. The number of benzene rings is 2. The number of aliphatic imine (C=N–C) groups is 1. The number of amides is 1. The normalized spacial score (nSPS) is 15.6. The van der Waals surface area contributed by atoms with Crippen LogP contribution in [0.5, 0.6) is 5.75 Å². The Morgan fingerprint density at radius 2 is 2.08 bits per heavy atom. The van der Waals surface area contributed by atoms with Crippen LogP contribution in [-0.2, 0) is 4.79 Å². The minimum absolute atomic E-state index is 0.330. The summed E-state index contributed by atoms with van der Waals surface area (Å²) in [5, 5.41) is 1.41. The Labute approximate surface area is 139 Å². The van der Waals surface area contributed by atoms with Crippen LogP contribution in [-0.4, -0.2) is 30.7 Å². The van der Waals surface area contributed by atoms with Crippen LogP contribution in [0.25, 0.3) is 0 Å². The first-order valence-electron chi connectivity index (χ1n) is 7.46. The summed E-state index contributed by atoms with van der Waals surface area (Å²) in [5.74, 6) is 0.263. The highest BCUT2D eigenvalue weighted by molar-refractivity contribution is 5.97. The average molecular weight is 323 g/mol.